The average Bonchev–Trinajstić information content (AvgIpc) is 2.67. The smallest absolute Gasteiger partial charge is 0.225 e. The zero-order valence-electron chi connectivity index (χ0n) is 15.3. The summed E-state index contributed by atoms with van der Waals surface area (Å²) in [7, 11) is 0. The van der Waals surface area contributed by atoms with Gasteiger partial charge in [-0.2, -0.15) is 0 Å². The maximum Gasteiger partial charge on any atom is 0.225 e. The second-order valence-electron chi connectivity index (χ2n) is 6.27. The molecule has 5 nitrogen and oxygen atoms in total. The number of carbonyl (C=O) groups is 1. The van der Waals surface area contributed by atoms with Gasteiger partial charge in [-0.1, -0.05) is 36.4 Å². The molecular formula is C20H27Cl2N3O2. The number of amides is 1. The zero-order valence-corrected chi connectivity index (χ0v) is 16.9. The molecule has 27 heavy (non-hydrogen) atoms. The Balaban J connectivity index is 0.00000182. The number of ether oxygens (including phenoxy) is 1. The summed E-state index contributed by atoms with van der Waals surface area (Å²) < 4.78 is 5.69. The Morgan fingerprint density at radius 2 is 1.93 bits per heavy atom. The van der Waals surface area contributed by atoms with Gasteiger partial charge in [0, 0.05) is 25.8 Å². The first kappa shape index (κ1) is 23.4. The number of hydrogen-bond donors (Lipinski definition) is 1. The van der Waals surface area contributed by atoms with Crippen LogP contribution in [0.25, 0.3) is 0 Å². The van der Waals surface area contributed by atoms with Crippen molar-refractivity contribution in [2.24, 2.45) is 0 Å². The third-order valence-corrected chi connectivity index (χ3v) is 4.35. The molecule has 0 spiro atoms. The number of hydrogen-bond acceptors (Lipinski definition) is 4. The molecule has 0 radical (unpaired) electrons. The molecule has 7 heteroatoms. The van der Waals surface area contributed by atoms with Crippen LogP contribution in [0.3, 0.4) is 0 Å². The average molecular weight is 412 g/mol. The molecule has 1 amide bonds. The largest absolute Gasteiger partial charge is 0.375 e. The van der Waals surface area contributed by atoms with Crippen LogP contribution in [-0.4, -0.2) is 48.1 Å². The van der Waals surface area contributed by atoms with E-state index in [2.05, 4.69) is 22.4 Å². The number of aromatic nitrogens is 1. The number of nitrogens with zero attached hydrogens (tertiary/aromatic N) is 2. The number of benzene rings is 1. The molecule has 1 unspecified atom stereocenters. The van der Waals surface area contributed by atoms with Crippen molar-refractivity contribution >= 4 is 30.7 Å². The van der Waals surface area contributed by atoms with Gasteiger partial charge in [0.05, 0.1) is 31.4 Å². The fourth-order valence-electron chi connectivity index (χ4n) is 2.96. The van der Waals surface area contributed by atoms with E-state index in [0.29, 0.717) is 26.1 Å². The molecule has 2 aromatic rings. The summed E-state index contributed by atoms with van der Waals surface area (Å²) in [5.74, 6) is 0.121. The summed E-state index contributed by atoms with van der Waals surface area (Å²) in [5, 5.41) is 3.28. The van der Waals surface area contributed by atoms with Gasteiger partial charge in [-0.15, -0.1) is 24.8 Å². The first-order valence-electron chi connectivity index (χ1n) is 8.85. The van der Waals surface area contributed by atoms with E-state index in [9.17, 15) is 4.79 Å². The van der Waals surface area contributed by atoms with Gasteiger partial charge in [-0.3, -0.25) is 9.78 Å². The lowest BCUT2D eigenvalue weighted by molar-refractivity contribution is -0.135. The molecule has 1 fully saturated rings. The molecule has 148 valence electrons. The van der Waals surface area contributed by atoms with Crippen LogP contribution in [-0.2, 0) is 22.5 Å². The minimum Gasteiger partial charge on any atom is -0.375 e. The quantitative estimate of drug-likeness (QED) is 0.760. The lowest BCUT2D eigenvalue weighted by atomic mass is 10.1. The topological polar surface area (TPSA) is 54.5 Å². The van der Waals surface area contributed by atoms with Gasteiger partial charge in [0.15, 0.2) is 0 Å². The van der Waals surface area contributed by atoms with Crippen LogP contribution < -0.4 is 5.32 Å². The number of carbonyl (C=O) groups excluding carboxylic acids is 1. The Morgan fingerprint density at radius 1 is 1.15 bits per heavy atom. The third kappa shape index (κ3) is 7.85. The van der Waals surface area contributed by atoms with Crippen molar-refractivity contribution in [3.63, 3.8) is 0 Å². The number of nitrogens with one attached hydrogen (secondary N) is 1. The standard InChI is InChI=1S/C20H25N3O2.2ClH/c24-20(14-19-15-21-11-13-25-19)23(16-18-8-4-5-10-22-18)12-9-17-6-2-1-3-7-17;;/h1-8,10,19,21H,9,11-16H2;2*1H. The zero-order chi connectivity index (χ0) is 17.3. The highest BCUT2D eigenvalue weighted by atomic mass is 35.5. The maximum atomic E-state index is 12.8. The molecule has 1 aliphatic heterocycles. The van der Waals surface area contributed by atoms with Crippen LogP contribution in [0.2, 0.25) is 0 Å². The van der Waals surface area contributed by atoms with Crippen LogP contribution in [0.4, 0.5) is 0 Å². The van der Waals surface area contributed by atoms with E-state index in [1.54, 1.807) is 6.20 Å². The van der Waals surface area contributed by atoms with E-state index >= 15 is 0 Å². The summed E-state index contributed by atoms with van der Waals surface area (Å²) in [6.07, 6.45) is 2.98. The first-order valence-corrected chi connectivity index (χ1v) is 8.85. The molecule has 1 N–H and O–H groups in total. The number of morpholine rings is 1. The molecule has 1 aromatic carbocycles. The van der Waals surface area contributed by atoms with Gasteiger partial charge >= 0.3 is 0 Å². The Morgan fingerprint density at radius 3 is 2.59 bits per heavy atom. The van der Waals surface area contributed by atoms with Gasteiger partial charge in [-0.25, -0.2) is 0 Å². The van der Waals surface area contributed by atoms with E-state index in [0.717, 1.165) is 25.2 Å². The van der Waals surface area contributed by atoms with Gasteiger partial charge in [0.2, 0.25) is 5.91 Å². The molecule has 0 aliphatic carbocycles. The van der Waals surface area contributed by atoms with Crippen molar-refractivity contribution < 1.29 is 9.53 Å². The number of halogens is 2. The molecule has 2 heterocycles. The van der Waals surface area contributed by atoms with Crippen molar-refractivity contribution in [1.29, 1.82) is 0 Å². The predicted molar refractivity (Wildman–Crippen MR) is 112 cm³/mol. The van der Waals surface area contributed by atoms with Crippen molar-refractivity contribution in [2.75, 3.05) is 26.2 Å². The Kier molecular flexibility index (Phi) is 11.0. The molecular weight excluding hydrogens is 385 g/mol. The van der Waals surface area contributed by atoms with Gasteiger partial charge in [-0.05, 0) is 24.1 Å². The van der Waals surface area contributed by atoms with E-state index in [1.807, 2.05) is 41.3 Å². The summed E-state index contributed by atoms with van der Waals surface area (Å²) in [4.78, 5) is 19.1. The van der Waals surface area contributed by atoms with Gasteiger partial charge in [0.1, 0.15) is 0 Å². The molecule has 1 saturated heterocycles. The Hall–Kier alpha value is -1.66. The third-order valence-electron chi connectivity index (χ3n) is 4.35. The highest BCUT2D eigenvalue weighted by Crippen LogP contribution is 2.10. The summed E-state index contributed by atoms with van der Waals surface area (Å²) >= 11 is 0. The van der Waals surface area contributed by atoms with Gasteiger partial charge < -0.3 is 15.0 Å². The van der Waals surface area contributed by atoms with E-state index in [4.69, 9.17) is 4.74 Å². The Labute approximate surface area is 173 Å². The van der Waals surface area contributed by atoms with Crippen molar-refractivity contribution in [3.05, 3.63) is 66.0 Å². The maximum absolute atomic E-state index is 12.8. The molecule has 3 rings (SSSR count). The van der Waals surface area contributed by atoms with Gasteiger partial charge in [0.25, 0.3) is 0 Å². The van der Waals surface area contributed by atoms with Crippen LogP contribution in [0.15, 0.2) is 54.7 Å². The van der Waals surface area contributed by atoms with E-state index in [1.165, 1.54) is 5.56 Å². The SMILES string of the molecule is Cl.Cl.O=C(CC1CNCCO1)N(CCc1ccccc1)Cc1ccccn1. The summed E-state index contributed by atoms with van der Waals surface area (Å²) in [5.41, 5.74) is 2.14. The van der Waals surface area contributed by atoms with Crippen molar-refractivity contribution in [3.8, 4) is 0 Å². The predicted octanol–water partition coefficient (Wildman–Crippen LogP) is 2.88. The second kappa shape index (κ2) is 12.7. The fourth-order valence-corrected chi connectivity index (χ4v) is 2.96. The minimum atomic E-state index is -0.0378. The summed E-state index contributed by atoms with van der Waals surface area (Å²) in [6.45, 7) is 3.48. The van der Waals surface area contributed by atoms with Crippen LogP contribution in [0.5, 0.6) is 0 Å². The lowest BCUT2D eigenvalue weighted by Crippen LogP contribution is -2.42. The van der Waals surface area contributed by atoms with Crippen molar-refractivity contribution in [1.82, 2.24) is 15.2 Å². The minimum absolute atomic E-state index is 0. The molecule has 0 bridgehead atoms. The number of pyridine rings is 1. The monoisotopic (exact) mass is 411 g/mol. The van der Waals surface area contributed by atoms with Crippen molar-refractivity contribution in [2.45, 2.75) is 25.5 Å². The fraction of sp³-hybridized carbons (Fsp3) is 0.400. The van der Waals surface area contributed by atoms with Crippen LogP contribution in [0, 0.1) is 0 Å². The Bertz CT molecular complexity index is 653. The second-order valence-corrected chi connectivity index (χ2v) is 6.27. The highest BCUT2D eigenvalue weighted by Gasteiger charge is 2.22. The summed E-state index contributed by atoms with van der Waals surface area (Å²) in [6, 6.07) is 16.1. The number of rotatable bonds is 7. The highest BCUT2D eigenvalue weighted by molar-refractivity contribution is 5.85. The van der Waals surface area contributed by atoms with E-state index < -0.39 is 0 Å². The normalized spacial score (nSPS) is 15.9. The molecule has 1 atom stereocenters. The van der Waals surface area contributed by atoms with Crippen LogP contribution in [0.1, 0.15) is 17.7 Å². The van der Waals surface area contributed by atoms with Crippen LogP contribution >= 0.6 is 24.8 Å². The molecule has 0 saturated carbocycles. The first-order chi connectivity index (χ1) is 12.3. The lowest BCUT2D eigenvalue weighted by Gasteiger charge is -2.27. The molecule has 1 aliphatic rings. The van der Waals surface area contributed by atoms with E-state index in [-0.39, 0.29) is 36.8 Å². The molecule has 1 aromatic heterocycles.